The van der Waals surface area contributed by atoms with Crippen molar-refractivity contribution < 1.29 is 0 Å². The first kappa shape index (κ1) is 10.7. The van der Waals surface area contributed by atoms with Crippen LogP contribution in [0.25, 0.3) is 0 Å². The number of hydrogen-bond donors (Lipinski definition) is 1. The van der Waals surface area contributed by atoms with E-state index in [1.54, 1.807) is 11.8 Å². The minimum atomic E-state index is 0.887. The molecule has 0 saturated carbocycles. The van der Waals surface area contributed by atoms with E-state index in [1.165, 1.54) is 21.1 Å². The van der Waals surface area contributed by atoms with Gasteiger partial charge in [-0.25, -0.2) is 0 Å². The van der Waals surface area contributed by atoms with E-state index in [1.807, 2.05) is 0 Å². The number of nitrogens with one attached hydrogen (secondary N) is 1. The molecular formula is C13H15N3S. The summed E-state index contributed by atoms with van der Waals surface area (Å²) in [5.74, 6) is 1.04. The zero-order valence-corrected chi connectivity index (χ0v) is 10.8. The highest BCUT2D eigenvalue weighted by molar-refractivity contribution is 8.04. The fourth-order valence-electron chi connectivity index (χ4n) is 2.06. The Morgan fingerprint density at radius 2 is 2.29 bits per heavy atom. The van der Waals surface area contributed by atoms with Crippen molar-refractivity contribution in [2.24, 2.45) is 4.99 Å². The van der Waals surface area contributed by atoms with E-state index in [0.29, 0.717) is 0 Å². The third-order valence-corrected chi connectivity index (χ3v) is 4.00. The average Bonchev–Trinajstić information content (AvgIpc) is 2.81. The maximum atomic E-state index is 4.48. The summed E-state index contributed by atoms with van der Waals surface area (Å²) in [5.41, 5.74) is 2.56. The lowest BCUT2D eigenvalue weighted by Crippen LogP contribution is -2.23. The Hall–Kier alpha value is -1.42. The second-order valence-electron chi connectivity index (χ2n) is 4.33. The van der Waals surface area contributed by atoms with E-state index in [0.717, 1.165) is 18.9 Å². The summed E-state index contributed by atoms with van der Waals surface area (Å²) in [6, 6.07) is 6.56. The first-order valence-electron chi connectivity index (χ1n) is 5.76. The zero-order valence-electron chi connectivity index (χ0n) is 10.0. The summed E-state index contributed by atoms with van der Waals surface area (Å²) in [5, 5.41) is 3.33. The van der Waals surface area contributed by atoms with Crippen LogP contribution < -0.4 is 10.2 Å². The predicted molar refractivity (Wildman–Crippen MR) is 73.8 cm³/mol. The predicted octanol–water partition coefficient (Wildman–Crippen LogP) is 2.38. The lowest BCUT2D eigenvalue weighted by molar-refractivity contribution is 0.960. The van der Waals surface area contributed by atoms with Gasteiger partial charge < -0.3 is 10.2 Å². The topological polar surface area (TPSA) is 27.6 Å². The van der Waals surface area contributed by atoms with Gasteiger partial charge in [-0.05, 0) is 24.6 Å². The van der Waals surface area contributed by atoms with Crippen molar-refractivity contribution in [3.63, 3.8) is 0 Å². The van der Waals surface area contributed by atoms with E-state index in [4.69, 9.17) is 0 Å². The molecule has 0 fully saturated rings. The van der Waals surface area contributed by atoms with Crippen LogP contribution in [0.5, 0.6) is 0 Å². The van der Waals surface area contributed by atoms with Gasteiger partial charge in [-0.1, -0.05) is 17.8 Å². The van der Waals surface area contributed by atoms with E-state index in [9.17, 15) is 0 Å². The molecule has 1 aromatic carbocycles. The van der Waals surface area contributed by atoms with Crippen molar-refractivity contribution in [3.8, 4) is 0 Å². The second kappa shape index (κ2) is 4.11. The summed E-state index contributed by atoms with van der Waals surface area (Å²) in [7, 11) is 2.09. The first-order chi connectivity index (χ1) is 8.24. The van der Waals surface area contributed by atoms with Crippen LogP contribution in [-0.4, -0.2) is 26.0 Å². The molecule has 0 bridgehead atoms. The van der Waals surface area contributed by atoms with Crippen LogP contribution in [0.15, 0.2) is 39.2 Å². The largest absolute Gasteiger partial charge is 0.368 e. The highest BCUT2D eigenvalue weighted by Gasteiger charge is 2.20. The molecule has 4 heteroatoms. The van der Waals surface area contributed by atoms with Crippen LogP contribution in [0.1, 0.15) is 5.56 Å². The Kier molecular flexibility index (Phi) is 2.59. The Morgan fingerprint density at radius 3 is 3.06 bits per heavy atom. The molecule has 2 heterocycles. The summed E-state index contributed by atoms with van der Waals surface area (Å²) in [6.07, 6.45) is 2.15. The minimum Gasteiger partial charge on any atom is -0.368 e. The van der Waals surface area contributed by atoms with Gasteiger partial charge in [-0.2, -0.15) is 0 Å². The van der Waals surface area contributed by atoms with Gasteiger partial charge in [0.1, 0.15) is 5.84 Å². The van der Waals surface area contributed by atoms with E-state index in [2.05, 4.69) is 53.6 Å². The van der Waals surface area contributed by atoms with Crippen LogP contribution >= 0.6 is 11.8 Å². The maximum absolute atomic E-state index is 4.48. The van der Waals surface area contributed by atoms with Gasteiger partial charge in [-0.15, -0.1) is 0 Å². The van der Waals surface area contributed by atoms with Crippen molar-refractivity contribution in [2.45, 2.75) is 11.8 Å². The molecule has 1 N–H and O–H groups in total. The number of fused-ring (bicyclic) bond motifs is 1. The third kappa shape index (κ3) is 1.93. The first-order valence-corrected chi connectivity index (χ1v) is 6.57. The number of benzene rings is 1. The van der Waals surface area contributed by atoms with Gasteiger partial charge in [-0.3, -0.25) is 4.99 Å². The quantitative estimate of drug-likeness (QED) is 0.823. The van der Waals surface area contributed by atoms with Gasteiger partial charge in [0.2, 0.25) is 0 Å². The fourth-order valence-corrected chi connectivity index (χ4v) is 3.30. The van der Waals surface area contributed by atoms with Crippen LogP contribution in [0.4, 0.5) is 5.69 Å². The summed E-state index contributed by atoms with van der Waals surface area (Å²) < 4.78 is 0. The standard InChI is InChI=1S/C13H15N3S/c1-9-3-4-10-11(7-9)17-12(8-16(10)2)13-14-5-6-15-13/h3-4,7-8H,5-6H2,1-2H3,(H,14,15). The number of nitrogens with zero attached hydrogens (tertiary/aromatic N) is 2. The molecule has 0 spiro atoms. The molecule has 1 aromatic rings. The normalized spacial score (nSPS) is 18.4. The summed E-state index contributed by atoms with van der Waals surface area (Å²) in [6.45, 7) is 3.97. The fraction of sp³-hybridized carbons (Fsp3) is 0.308. The van der Waals surface area contributed by atoms with Crippen molar-refractivity contribution in [3.05, 3.63) is 34.9 Å². The minimum absolute atomic E-state index is 0.887. The van der Waals surface area contributed by atoms with E-state index < -0.39 is 0 Å². The lowest BCUT2D eigenvalue weighted by Gasteiger charge is -2.25. The third-order valence-electron chi connectivity index (χ3n) is 2.93. The molecule has 0 saturated heterocycles. The molecule has 2 aliphatic rings. The molecule has 0 aliphatic carbocycles. The zero-order chi connectivity index (χ0) is 11.8. The number of aliphatic imine (C=N–C) groups is 1. The van der Waals surface area contributed by atoms with Crippen molar-refractivity contribution in [2.75, 3.05) is 25.0 Å². The van der Waals surface area contributed by atoms with Gasteiger partial charge in [0.25, 0.3) is 0 Å². The van der Waals surface area contributed by atoms with Crippen LogP contribution in [0.2, 0.25) is 0 Å². The summed E-state index contributed by atoms with van der Waals surface area (Å²) >= 11 is 1.80. The molecule has 0 radical (unpaired) electrons. The number of anilines is 1. The average molecular weight is 245 g/mol. The number of aryl methyl sites for hydroxylation is 1. The molecule has 0 unspecified atom stereocenters. The lowest BCUT2D eigenvalue weighted by atomic mass is 10.2. The Labute approximate surface area is 106 Å². The molecule has 3 rings (SSSR count). The van der Waals surface area contributed by atoms with Crippen LogP contribution in [0.3, 0.4) is 0 Å². The maximum Gasteiger partial charge on any atom is 0.136 e. The summed E-state index contributed by atoms with van der Waals surface area (Å²) in [4.78, 5) is 9.17. The SMILES string of the molecule is Cc1ccc2c(c1)SC(C1=NCCN1)=CN2C. The van der Waals surface area contributed by atoms with Gasteiger partial charge >= 0.3 is 0 Å². The molecular weight excluding hydrogens is 230 g/mol. The van der Waals surface area contributed by atoms with Crippen LogP contribution in [0, 0.1) is 6.92 Å². The van der Waals surface area contributed by atoms with Crippen LogP contribution in [-0.2, 0) is 0 Å². The Balaban J connectivity index is 1.97. The van der Waals surface area contributed by atoms with Crippen molar-refractivity contribution in [1.29, 1.82) is 0 Å². The highest BCUT2D eigenvalue weighted by atomic mass is 32.2. The smallest absolute Gasteiger partial charge is 0.136 e. The molecule has 3 nitrogen and oxygen atoms in total. The monoisotopic (exact) mass is 245 g/mol. The molecule has 0 atom stereocenters. The molecule has 0 aromatic heterocycles. The van der Waals surface area contributed by atoms with Gasteiger partial charge in [0.05, 0.1) is 17.1 Å². The van der Waals surface area contributed by atoms with Gasteiger partial charge in [0.15, 0.2) is 0 Å². The number of rotatable bonds is 1. The molecule has 0 amide bonds. The number of amidine groups is 1. The number of thioether (sulfide) groups is 1. The molecule has 17 heavy (non-hydrogen) atoms. The van der Waals surface area contributed by atoms with E-state index in [-0.39, 0.29) is 0 Å². The molecule has 2 aliphatic heterocycles. The molecule has 88 valence electrons. The Morgan fingerprint density at radius 1 is 1.41 bits per heavy atom. The second-order valence-corrected chi connectivity index (χ2v) is 5.42. The Bertz CT molecular complexity index is 519. The van der Waals surface area contributed by atoms with Gasteiger partial charge in [0, 0.05) is 24.7 Å². The number of hydrogen-bond acceptors (Lipinski definition) is 4. The van der Waals surface area contributed by atoms with Crippen molar-refractivity contribution >= 4 is 23.3 Å². The van der Waals surface area contributed by atoms with Crippen molar-refractivity contribution in [1.82, 2.24) is 5.32 Å². The van der Waals surface area contributed by atoms with E-state index >= 15 is 0 Å². The highest BCUT2D eigenvalue weighted by Crippen LogP contribution is 2.40.